The van der Waals surface area contributed by atoms with E-state index < -0.39 is 5.60 Å². The Morgan fingerprint density at radius 3 is 2.43 bits per heavy atom. The third kappa shape index (κ3) is 2.34. The van der Waals surface area contributed by atoms with Gasteiger partial charge in [-0.1, -0.05) is 40.2 Å². The van der Waals surface area contributed by atoms with Crippen molar-refractivity contribution in [1.82, 2.24) is 0 Å². The van der Waals surface area contributed by atoms with E-state index in [2.05, 4.69) is 20.8 Å². The summed E-state index contributed by atoms with van der Waals surface area (Å²) in [5, 5.41) is 21.8. The second kappa shape index (κ2) is 5.16. The van der Waals surface area contributed by atoms with Gasteiger partial charge in [0.15, 0.2) is 5.78 Å². The van der Waals surface area contributed by atoms with Crippen molar-refractivity contribution in [3.8, 4) is 0 Å². The molecule has 0 radical (unpaired) electrons. The number of ketones is 1. The molecule has 4 atom stereocenters. The van der Waals surface area contributed by atoms with Crippen LogP contribution in [0.2, 0.25) is 0 Å². The largest absolute Gasteiger partial charge is 0.392 e. The van der Waals surface area contributed by atoms with Crippen LogP contribution in [0.3, 0.4) is 0 Å². The standard InChI is InChI=1S/C20H32O3/c1-12(2)20(23)9-6-14-13(11-20)15(21)10-16-18(3,4)8-7-17(22)19(14,16)5/h12,16-17,22-23H,6-11H2,1-5H3/t16-,17-,19+,20+/m0/s1. The molecule has 0 aromatic heterocycles. The Bertz CT molecular complexity index is 559. The van der Waals surface area contributed by atoms with Crippen LogP contribution < -0.4 is 0 Å². The molecule has 0 heterocycles. The highest BCUT2D eigenvalue weighted by molar-refractivity contribution is 5.98. The molecule has 0 aliphatic heterocycles. The average Bonchev–Trinajstić information content (AvgIpc) is 2.46. The number of hydrogen-bond acceptors (Lipinski definition) is 3. The SMILES string of the molecule is CC(C)[C@@]1(O)CCC2=C(C1)C(=O)C[C@H]1C(C)(C)CC[C@H](O)[C@]21C. The van der Waals surface area contributed by atoms with E-state index in [0.717, 1.165) is 30.4 Å². The number of aliphatic hydroxyl groups is 2. The van der Waals surface area contributed by atoms with Gasteiger partial charge < -0.3 is 10.2 Å². The third-order valence-electron chi connectivity index (χ3n) is 7.53. The Morgan fingerprint density at radius 1 is 1.17 bits per heavy atom. The van der Waals surface area contributed by atoms with Crippen LogP contribution in [0.25, 0.3) is 0 Å². The Hall–Kier alpha value is -0.670. The lowest BCUT2D eigenvalue weighted by Gasteiger charge is -2.58. The maximum atomic E-state index is 12.9. The number of carbonyl (C=O) groups excluding carboxylic acids is 1. The molecule has 0 saturated heterocycles. The molecule has 0 aromatic carbocycles. The first-order valence-corrected chi connectivity index (χ1v) is 9.18. The molecule has 3 nitrogen and oxygen atoms in total. The highest BCUT2D eigenvalue weighted by Gasteiger charge is 2.58. The molecule has 3 aliphatic carbocycles. The van der Waals surface area contributed by atoms with Crippen molar-refractivity contribution in [2.24, 2.45) is 22.7 Å². The van der Waals surface area contributed by atoms with E-state index in [1.54, 1.807) is 0 Å². The Kier molecular flexibility index (Phi) is 3.85. The zero-order valence-electron chi connectivity index (χ0n) is 15.3. The van der Waals surface area contributed by atoms with Gasteiger partial charge in [-0.05, 0) is 48.5 Å². The van der Waals surface area contributed by atoms with Crippen LogP contribution in [0.4, 0.5) is 0 Å². The molecule has 0 unspecified atom stereocenters. The minimum absolute atomic E-state index is 0.0773. The topological polar surface area (TPSA) is 57.5 Å². The average molecular weight is 320 g/mol. The van der Waals surface area contributed by atoms with E-state index in [-0.39, 0.29) is 34.6 Å². The van der Waals surface area contributed by atoms with Gasteiger partial charge in [-0.3, -0.25) is 4.79 Å². The molecule has 130 valence electrons. The van der Waals surface area contributed by atoms with Crippen molar-refractivity contribution < 1.29 is 15.0 Å². The van der Waals surface area contributed by atoms with Crippen LogP contribution in [-0.2, 0) is 4.79 Å². The van der Waals surface area contributed by atoms with Crippen LogP contribution in [0.1, 0.15) is 73.1 Å². The van der Waals surface area contributed by atoms with E-state index in [1.807, 2.05) is 13.8 Å². The number of Topliss-reactive ketones (excluding diaryl/α,β-unsaturated/α-hetero) is 1. The zero-order chi connectivity index (χ0) is 17.2. The number of rotatable bonds is 1. The Labute approximate surface area is 140 Å². The lowest BCUT2D eigenvalue weighted by molar-refractivity contribution is -0.133. The second-order valence-electron chi connectivity index (χ2n) is 9.40. The summed E-state index contributed by atoms with van der Waals surface area (Å²) in [5.41, 5.74) is 0.997. The normalized spacial score (nSPS) is 43.4. The minimum atomic E-state index is -0.771. The van der Waals surface area contributed by atoms with Gasteiger partial charge in [0, 0.05) is 18.3 Å². The molecule has 2 N–H and O–H groups in total. The summed E-state index contributed by atoms with van der Waals surface area (Å²) < 4.78 is 0. The van der Waals surface area contributed by atoms with E-state index in [1.165, 1.54) is 0 Å². The fourth-order valence-corrected chi connectivity index (χ4v) is 5.58. The van der Waals surface area contributed by atoms with Crippen LogP contribution in [-0.4, -0.2) is 27.7 Å². The first kappa shape index (κ1) is 17.2. The van der Waals surface area contributed by atoms with Crippen LogP contribution in [0, 0.1) is 22.7 Å². The fourth-order valence-electron chi connectivity index (χ4n) is 5.58. The van der Waals surface area contributed by atoms with Gasteiger partial charge in [0.05, 0.1) is 11.7 Å². The summed E-state index contributed by atoms with van der Waals surface area (Å²) in [6.07, 6.45) is 3.84. The summed E-state index contributed by atoms with van der Waals surface area (Å²) >= 11 is 0. The number of aliphatic hydroxyl groups excluding tert-OH is 1. The molecule has 3 aliphatic rings. The smallest absolute Gasteiger partial charge is 0.159 e. The first-order valence-electron chi connectivity index (χ1n) is 9.18. The predicted molar refractivity (Wildman–Crippen MR) is 90.9 cm³/mol. The third-order valence-corrected chi connectivity index (χ3v) is 7.53. The molecule has 23 heavy (non-hydrogen) atoms. The van der Waals surface area contributed by atoms with Gasteiger partial charge in [-0.2, -0.15) is 0 Å². The zero-order valence-corrected chi connectivity index (χ0v) is 15.3. The lowest BCUT2D eigenvalue weighted by Crippen LogP contribution is -2.56. The van der Waals surface area contributed by atoms with Crippen LogP contribution in [0.5, 0.6) is 0 Å². The second-order valence-corrected chi connectivity index (χ2v) is 9.40. The highest BCUT2D eigenvalue weighted by Crippen LogP contribution is 2.61. The van der Waals surface area contributed by atoms with Crippen molar-refractivity contribution in [3.05, 3.63) is 11.1 Å². The fraction of sp³-hybridized carbons (Fsp3) is 0.850. The van der Waals surface area contributed by atoms with Gasteiger partial charge in [0.1, 0.15) is 0 Å². The van der Waals surface area contributed by atoms with E-state index in [0.29, 0.717) is 19.3 Å². The number of fused-ring (bicyclic) bond motifs is 2. The maximum absolute atomic E-state index is 12.9. The summed E-state index contributed by atoms with van der Waals surface area (Å²) in [6.45, 7) is 10.7. The van der Waals surface area contributed by atoms with E-state index in [9.17, 15) is 15.0 Å². The minimum Gasteiger partial charge on any atom is -0.392 e. The van der Waals surface area contributed by atoms with E-state index >= 15 is 0 Å². The van der Waals surface area contributed by atoms with E-state index in [4.69, 9.17) is 0 Å². The monoisotopic (exact) mass is 320 g/mol. The van der Waals surface area contributed by atoms with Crippen molar-refractivity contribution in [2.45, 2.75) is 84.8 Å². The summed E-state index contributed by atoms with van der Waals surface area (Å²) in [7, 11) is 0. The quantitative estimate of drug-likeness (QED) is 0.775. The molecule has 1 saturated carbocycles. The first-order chi connectivity index (χ1) is 10.5. The predicted octanol–water partition coefficient (Wildman–Crippen LogP) is 3.63. The van der Waals surface area contributed by atoms with Crippen molar-refractivity contribution in [1.29, 1.82) is 0 Å². The molecular weight excluding hydrogens is 288 g/mol. The molecular formula is C20H32O3. The number of carbonyl (C=O) groups is 1. The summed E-state index contributed by atoms with van der Waals surface area (Å²) in [5.74, 6) is 0.557. The molecule has 0 aromatic rings. The van der Waals surface area contributed by atoms with Gasteiger partial charge in [0.2, 0.25) is 0 Å². The molecule has 0 amide bonds. The van der Waals surface area contributed by atoms with Gasteiger partial charge in [-0.25, -0.2) is 0 Å². The van der Waals surface area contributed by atoms with Gasteiger partial charge in [-0.15, -0.1) is 0 Å². The summed E-state index contributed by atoms with van der Waals surface area (Å²) in [6, 6.07) is 0. The lowest BCUT2D eigenvalue weighted by atomic mass is 9.47. The Morgan fingerprint density at radius 2 is 1.83 bits per heavy atom. The Balaban J connectivity index is 2.09. The van der Waals surface area contributed by atoms with Crippen molar-refractivity contribution >= 4 is 5.78 Å². The molecule has 1 fully saturated rings. The van der Waals surface area contributed by atoms with Gasteiger partial charge >= 0.3 is 0 Å². The van der Waals surface area contributed by atoms with Crippen molar-refractivity contribution in [3.63, 3.8) is 0 Å². The summed E-state index contributed by atoms with van der Waals surface area (Å²) in [4.78, 5) is 12.9. The van der Waals surface area contributed by atoms with Crippen LogP contribution in [0.15, 0.2) is 11.1 Å². The van der Waals surface area contributed by atoms with Gasteiger partial charge in [0.25, 0.3) is 0 Å². The maximum Gasteiger partial charge on any atom is 0.159 e. The molecule has 3 rings (SSSR count). The van der Waals surface area contributed by atoms with Crippen LogP contribution >= 0.6 is 0 Å². The molecule has 0 spiro atoms. The highest BCUT2D eigenvalue weighted by atomic mass is 16.3. The molecule has 3 heteroatoms. The van der Waals surface area contributed by atoms with Crippen molar-refractivity contribution in [2.75, 3.05) is 0 Å². The number of hydrogen-bond donors (Lipinski definition) is 2. The molecule has 0 bridgehead atoms.